The van der Waals surface area contributed by atoms with Crippen molar-refractivity contribution in [3.05, 3.63) is 46.8 Å². The Hall–Kier alpha value is -3.24. The van der Waals surface area contributed by atoms with Gasteiger partial charge in [0.15, 0.2) is 6.61 Å². The number of likely N-dealkylation sites (tertiary alicyclic amines) is 1. The first-order valence-corrected chi connectivity index (χ1v) is 17.0. The van der Waals surface area contributed by atoms with Crippen molar-refractivity contribution in [1.29, 1.82) is 5.26 Å². The minimum atomic E-state index is -4.44. The molecule has 230 valence electrons. The Morgan fingerprint density at radius 2 is 1.95 bits per heavy atom. The summed E-state index contributed by atoms with van der Waals surface area (Å²) in [4.78, 5) is 2.21. The van der Waals surface area contributed by atoms with E-state index in [-0.39, 0.29) is 18.7 Å². The number of hydrogen-bond donors (Lipinski definition) is 2. The number of benzene rings is 2. The highest BCUT2D eigenvalue weighted by Gasteiger charge is 2.32. The molecule has 0 spiro atoms. The fraction of sp³-hybridized carbons (Fsp3) is 0.452. The second-order valence-electron chi connectivity index (χ2n) is 10.5. The van der Waals surface area contributed by atoms with Crippen molar-refractivity contribution in [2.45, 2.75) is 45.1 Å². The van der Waals surface area contributed by atoms with Crippen molar-refractivity contribution in [1.82, 2.24) is 4.90 Å². The number of halogens is 4. The molecule has 1 saturated heterocycles. The molecule has 1 fully saturated rings. The highest BCUT2D eigenvalue weighted by Crippen LogP contribution is 2.45. The molecule has 0 radical (unpaired) electrons. The van der Waals surface area contributed by atoms with Crippen molar-refractivity contribution in [2.75, 3.05) is 56.2 Å². The van der Waals surface area contributed by atoms with Gasteiger partial charge in [0.1, 0.15) is 25.1 Å². The molecule has 1 aliphatic heterocycles. The Morgan fingerprint density at radius 3 is 2.63 bits per heavy atom. The van der Waals surface area contributed by atoms with Gasteiger partial charge in [0, 0.05) is 30.7 Å². The summed E-state index contributed by atoms with van der Waals surface area (Å²) in [6, 6.07) is 11.7. The fourth-order valence-electron chi connectivity index (χ4n) is 5.17. The van der Waals surface area contributed by atoms with E-state index in [2.05, 4.69) is 22.5 Å². The summed E-state index contributed by atoms with van der Waals surface area (Å²) in [7, 11) is -0.722. The van der Waals surface area contributed by atoms with Crippen LogP contribution in [-0.2, 0) is 11.0 Å². The van der Waals surface area contributed by atoms with Gasteiger partial charge in [-0.25, -0.2) is 4.39 Å². The Labute approximate surface area is 253 Å². The molecular weight excluding hydrogens is 599 g/mol. The minimum absolute atomic E-state index is 0.0887. The van der Waals surface area contributed by atoms with Gasteiger partial charge in [0.05, 0.1) is 40.0 Å². The van der Waals surface area contributed by atoms with Crippen LogP contribution in [0.2, 0.25) is 0 Å². The number of fused-ring (bicyclic) bond motifs is 1. The maximum absolute atomic E-state index is 14.7. The third-order valence-electron chi connectivity index (χ3n) is 7.60. The highest BCUT2D eigenvalue weighted by atomic mass is 32.1. The first-order valence-electron chi connectivity index (χ1n) is 14.1. The summed E-state index contributed by atoms with van der Waals surface area (Å²) in [6.07, 6.45) is -5.08. The Kier molecular flexibility index (Phi) is 10.7. The third kappa shape index (κ3) is 8.03. The molecule has 1 aliphatic rings. The Balaban J connectivity index is 1.61. The van der Waals surface area contributed by atoms with Crippen LogP contribution in [0.25, 0.3) is 10.1 Å². The van der Waals surface area contributed by atoms with Gasteiger partial charge < -0.3 is 24.8 Å². The van der Waals surface area contributed by atoms with Crippen molar-refractivity contribution >= 4 is 45.2 Å². The zero-order valence-electron chi connectivity index (χ0n) is 24.4. The van der Waals surface area contributed by atoms with E-state index in [0.717, 1.165) is 17.9 Å². The SMILES string of the molecule is CCP(=O)(CC)c1ccc(NCC#Cc2sc3c(N[C@@H]4CCN(C)C[C@@H]4F)cccc3c2CC(F)(F)F)c(OCC#N)c1. The van der Waals surface area contributed by atoms with Crippen LogP contribution >= 0.6 is 18.5 Å². The topological polar surface area (TPSA) is 77.4 Å². The second-order valence-corrected chi connectivity index (χ2v) is 15.1. The van der Waals surface area contributed by atoms with Crippen LogP contribution < -0.4 is 20.7 Å². The minimum Gasteiger partial charge on any atom is -0.477 e. The first-order chi connectivity index (χ1) is 20.5. The van der Waals surface area contributed by atoms with E-state index in [0.29, 0.717) is 62.7 Å². The Morgan fingerprint density at radius 1 is 1.19 bits per heavy atom. The van der Waals surface area contributed by atoms with Crippen LogP contribution in [0.5, 0.6) is 5.75 Å². The van der Waals surface area contributed by atoms with Gasteiger partial charge >= 0.3 is 6.18 Å². The number of ether oxygens (including phenoxy) is 1. The third-order valence-corrected chi connectivity index (χ3v) is 12.1. The summed E-state index contributed by atoms with van der Waals surface area (Å²) < 4.78 is 75.0. The van der Waals surface area contributed by atoms with Crippen LogP contribution in [0.3, 0.4) is 0 Å². The summed E-state index contributed by atoms with van der Waals surface area (Å²) in [5, 5.41) is 16.5. The van der Waals surface area contributed by atoms with Gasteiger partial charge in [-0.2, -0.15) is 18.4 Å². The lowest BCUT2D eigenvalue weighted by Crippen LogP contribution is -2.46. The maximum Gasteiger partial charge on any atom is 0.393 e. The number of rotatable bonds is 10. The molecule has 0 unspecified atom stereocenters. The normalized spacial score (nSPS) is 17.6. The number of nitriles is 1. The molecule has 3 aromatic rings. The molecule has 0 bridgehead atoms. The van der Waals surface area contributed by atoms with E-state index < -0.39 is 32.0 Å². The second kappa shape index (κ2) is 14.0. The largest absolute Gasteiger partial charge is 0.477 e. The molecule has 43 heavy (non-hydrogen) atoms. The van der Waals surface area contributed by atoms with Crippen LogP contribution in [0.1, 0.15) is 30.7 Å². The van der Waals surface area contributed by atoms with E-state index in [9.17, 15) is 22.1 Å². The fourth-order valence-corrected chi connectivity index (χ4v) is 8.22. The first kappa shape index (κ1) is 32.7. The molecular formula is C31H35F4N4O2PS. The van der Waals surface area contributed by atoms with Crippen molar-refractivity contribution in [3.8, 4) is 23.7 Å². The molecule has 0 saturated carbocycles. The van der Waals surface area contributed by atoms with E-state index in [1.54, 1.807) is 36.4 Å². The van der Waals surface area contributed by atoms with Crippen molar-refractivity contribution in [3.63, 3.8) is 0 Å². The number of anilines is 2. The molecule has 2 aromatic carbocycles. The van der Waals surface area contributed by atoms with Gasteiger partial charge in [0.2, 0.25) is 0 Å². The Bertz CT molecular complexity index is 1580. The predicted molar refractivity (Wildman–Crippen MR) is 167 cm³/mol. The smallest absolute Gasteiger partial charge is 0.393 e. The van der Waals surface area contributed by atoms with E-state index in [4.69, 9.17) is 10.00 Å². The number of hydrogen-bond acceptors (Lipinski definition) is 7. The number of alkyl halides is 4. The zero-order chi connectivity index (χ0) is 31.2. The molecule has 1 aromatic heterocycles. The number of nitrogens with zero attached hydrogens (tertiary/aromatic N) is 2. The molecule has 2 N–H and O–H groups in total. The van der Waals surface area contributed by atoms with E-state index in [1.807, 2.05) is 31.9 Å². The van der Waals surface area contributed by atoms with Crippen molar-refractivity contribution < 1.29 is 26.9 Å². The lowest BCUT2D eigenvalue weighted by atomic mass is 10.0. The molecule has 6 nitrogen and oxygen atoms in total. The van der Waals surface area contributed by atoms with Gasteiger partial charge in [-0.3, -0.25) is 0 Å². The summed E-state index contributed by atoms with van der Waals surface area (Å²) in [6.45, 7) is 4.65. The quantitative estimate of drug-likeness (QED) is 0.144. The summed E-state index contributed by atoms with van der Waals surface area (Å²) in [5.41, 5.74) is 1.23. The van der Waals surface area contributed by atoms with E-state index in [1.165, 1.54) is 0 Å². The molecule has 4 rings (SSSR count). The predicted octanol–water partition coefficient (Wildman–Crippen LogP) is 6.85. The van der Waals surface area contributed by atoms with Gasteiger partial charge in [-0.15, -0.1) is 11.3 Å². The summed E-state index contributed by atoms with van der Waals surface area (Å²) >= 11 is 1.16. The molecule has 2 atom stereocenters. The zero-order valence-corrected chi connectivity index (χ0v) is 26.1. The maximum atomic E-state index is 14.7. The van der Waals surface area contributed by atoms with Crippen LogP contribution in [0.4, 0.5) is 28.9 Å². The number of piperidine rings is 1. The molecule has 2 heterocycles. The van der Waals surface area contributed by atoms with Gasteiger partial charge in [-0.1, -0.05) is 37.8 Å². The molecule has 0 aliphatic carbocycles. The average molecular weight is 635 g/mol. The lowest BCUT2D eigenvalue weighted by molar-refractivity contribution is -0.126. The van der Waals surface area contributed by atoms with Crippen LogP contribution in [0.15, 0.2) is 36.4 Å². The lowest BCUT2D eigenvalue weighted by Gasteiger charge is -2.33. The summed E-state index contributed by atoms with van der Waals surface area (Å²) in [5.74, 6) is 6.20. The van der Waals surface area contributed by atoms with Gasteiger partial charge in [0.25, 0.3) is 0 Å². The number of nitrogens with one attached hydrogen (secondary N) is 2. The number of thiophene rings is 1. The molecule has 0 amide bonds. The van der Waals surface area contributed by atoms with Gasteiger partial charge in [-0.05, 0) is 48.7 Å². The van der Waals surface area contributed by atoms with E-state index >= 15 is 0 Å². The van der Waals surface area contributed by atoms with Crippen LogP contribution in [-0.4, -0.2) is 68.9 Å². The highest BCUT2D eigenvalue weighted by molar-refractivity contribution is 7.71. The average Bonchev–Trinajstić information content (AvgIpc) is 3.31. The monoisotopic (exact) mass is 634 g/mol. The van der Waals surface area contributed by atoms with Crippen LogP contribution in [0, 0.1) is 23.2 Å². The standard InChI is InChI=1S/C31H35F4N4O2PS/c1-4-42(40,5-2)21-11-12-26(28(18-21)41-17-14-36)37-15-7-10-29-23(19-31(33,34)35)22-8-6-9-27(30(22)43-29)38-25-13-16-39(3)20-24(25)32/h6,8-9,11-12,18,24-25,37-38H,4-5,13,15-17,19-20H2,1-3H3/t24-,25+/m0/s1. The van der Waals surface area contributed by atoms with Crippen molar-refractivity contribution in [2.24, 2.45) is 0 Å². The molecule has 12 heteroatoms.